The molecule has 0 saturated heterocycles. The number of carbonyl (C=O) groups is 11. The van der Waals surface area contributed by atoms with Crippen LogP contribution in [0.4, 0.5) is 0 Å². The van der Waals surface area contributed by atoms with Crippen LogP contribution in [0.2, 0.25) is 0 Å². The number of aliphatic hydroxyl groups is 3. The summed E-state index contributed by atoms with van der Waals surface area (Å²) in [5, 5.41) is 68.8. The molecular weight excluding hydrogens is 987 g/mol. The number of carboxylic acid groups (broad SMARTS) is 2. The zero-order chi connectivity index (χ0) is 55.5. The Morgan fingerprint density at radius 2 is 1.08 bits per heavy atom. The molecule has 27 nitrogen and oxygen atoms in total. The van der Waals surface area contributed by atoms with Crippen LogP contribution in [0.25, 0.3) is 21.8 Å². The van der Waals surface area contributed by atoms with Gasteiger partial charge >= 0.3 is 11.9 Å². The average molecular weight is 1050 g/mol. The number of nitrogens with two attached hydrogens (primary N) is 1. The summed E-state index contributed by atoms with van der Waals surface area (Å²) in [4.78, 5) is 148. The largest absolute Gasteiger partial charge is 0.481 e. The summed E-state index contributed by atoms with van der Waals surface area (Å²) < 4.78 is 0. The van der Waals surface area contributed by atoms with Crippen molar-refractivity contribution in [3.05, 3.63) is 72.1 Å². The third-order valence-electron chi connectivity index (χ3n) is 11.7. The van der Waals surface area contributed by atoms with Gasteiger partial charge in [0.2, 0.25) is 47.3 Å². The quantitative estimate of drug-likeness (QED) is 0.0220. The molecule has 75 heavy (non-hydrogen) atoms. The number of hydrogen-bond acceptors (Lipinski definition) is 15. The number of para-hydroxylation sites is 2. The molecule has 2 aromatic heterocycles. The molecule has 9 atom stereocenters. The van der Waals surface area contributed by atoms with Crippen LogP contribution in [-0.4, -0.2) is 175 Å². The molecule has 2 heterocycles. The Morgan fingerprint density at radius 1 is 0.587 bits per heavy atom. The van der Waals surface area contributed by atoms with Gasteiger partial charge in [-0.05, 0) is 42.5 Å². The van der Waals surface area contributed by atoms with Gasteiger partial charge in [-0.1, -0.05) is 50.2 Å². The topological polar surface area (TPSA) is 443 Å². The summed E-state index contributed by atoms with van der Waals surface area (Å²) in [6.07, 6.45) is 0.0795. The van der Waals surface area contributed by atoms with Crippen LogP contribution in [0, 0.1) is 5.92 Å². The Hall–Kier alpha value is -8.27. The van der Waals surface area contributed by atoms with Gasteiger partial charge in [-0.3, -0.25) is 47.9 Å². The van der Waals surface area contributed by atoms with E-state index in [9.17, 15) is 73.2 Å². The highest BCUT2D eigenvalue weighted by molar-refractivity contribution is 5.99. The minimum Gasteiger partial charge on any atom is -0.481 e. The number of aromatic amines is 2. The van der Waals surface area contributed by atoms with E-state index in [-0.39, 0.29) is 19.3 Å². The highest BCUT2D eigenvalue weighted by Gasteiger charge is 2.36. The second-order valence-corrected chi connectivity index (χ2v) is 17.9. The predicted molar refractivity (Wildman–Crippen MR) is 264 cm³/mol. The Kier molecular flexibility index (Phi) is 22.3. The second kappa shape index (κ2) is 28.3. The van der Waals surface area contributed by atoms with Gasteiger partial charge in [0.1, 0.15) is 42.5 Å². The third kappa shape index (κ3) is 17.4. The van der Waals surface area contributed by atoms with Crippen molar-refractivity contribution >= 4 is 87.3 Å². The van der Waals surface area contributed by atoms with E-state index >= 15 is 0 Å². The maximum Gasteiger partial charge on any atom is 0.305 e. The van der Waals surface area contributed by atoms with E-state index in [4.69, 9.17) is 10.8 Å². The van der Waals surface area contributed by atoms with Crippen LogP contribution < -0.4 is 48.3 Å². The van der Waals surface area contributed by atoms with Crippen LogP contribution in [0.1, 0.15) is 51.2 Å². The van der Waals surface area contributed by atoms with Gasteiger partial charge in [-0.2, -0.15) is 0 Å². The van der Waals surface area contributed by atoms with E-state index in [0.29, 0.717) is 22.8 Å². The van der Waals surface area contributed by atoms with E-state index in [1.807, 2.05) is 29.6 Å². The lowest BCUT2D eigenvalue weighted by atomic mass is 10.0. The fourth-order valence-corrected chi connectivity index (χ4v) is 7.65. The molecule has 0 aliphatic rings. The molecule has 0 bridgehead atoms. The first-order valence-corrected chi connectivity index (χ1v) is 23.6. The number of aliphatic hydroxyl groups excluding tert-OH is 3. The maximum atomic E-state index is 13.9. The number of carboxylic acids is 2. The number of benzene rings is 2. The predicted octanol–water partition coefficient (Wildman–Crippen LogP) is -4.17. The van der Waals surface area contributed by atoms with E-state index in [2.05, 4.69) is 47.2 Å². The van der Waals surface area contributed by atoms with Gasteiger partial charge < -0.3 is 88.6 Å². The summed E-state index contributed by atoms with van der Waals surface area (Å²) in [6, 6.07) is 1.74. The van der Waals surface area contributed by atoms with Gasteiger partial charge in [-0.25, -0.2) is 0 Å². The fraction of sp³-hybridized carbons (Fsp3) is 0.438. The molecule has 0 unspecified atom stereocenters. The lowest BCUT2D eigenvalue weighted by molar-refractivity contribution is -0.142. The second-order valence-electron chi connectivity index (χ2n) is 17.9. The van der Waals surface area contributed by atoms with Crippen molar-refractivity contribution in [2.75, 3.05) is 19.8 Å². The van der Waals surface area contributed by atoms with E-state index in [0.717, 1.165) is 23.4 Å². The number of aromatic nitrogens is 2. The minimum absolute atomic E-state index is 0.0848. The average Bonchev–Trinajstić information content (AvgIpc) is 3.98. The Labute approximate surface area is 427 Å². The molecule has 8 amide bonds. The zero-order valence-electron chi connectivity index (χ0n) is 41.1. The molecule has 0 saturated carbocycles. The molecule has 17 N–H and O–H groups in total. The lowest BCUT2D eigenvalue weighted by Gasteiger charge is -2.28. The monoisotopic (exact) mass is 1050 g/mol. The molecule has 0 aliphatic carbocycles. The van der Waals surface area contributed by atoms with E-state index < -0.39 is 152 Å². The highest BCUT2D eigenvalue weighted by Crippen LogP contribution is 2.21. The molecule has 2 aromatic carbocycles. The summed E-state index contributed by atoms with van der Waals surface area (Å²) in [6.45, 7) is 1.32. The van der Waals surface area contributed by atoms with Gasteiger partial charge in [0, 0.05) is 53.5 Å². The zero-order valence-corrected chi connectivity index (χ0v) is 41.1. The number of fused-ring (bicyclic) bond motifs is 2. The molecule has 0 aliphatic heterocycles. The maximum absolute atomic E-state index is 13.9. The van der Waals surface area contributed by atoms with Gasteiger partial charge in [0.25, 0.3) is 0 Å². The van der Waals surface area contributed by atoms with E-state index in [1.54, 1.807) is 36.7 Å². The molecular formula is C48H63N11O16. The van der Waals surface area contributed by atoms with Gasteiger partial charge in [-0.15, -0.1) is 0 Å². The fourth-order valence-electron chi connectivity index (χ4n) is 7.65. The number of rotatable bonds is 30. The van der Waals surface area contributed by atoms with Crippen LogP contribution in [0.3, 0.4) is 0 Å². The van der Waals surface area contributed by atoms with Crippen molar-refractivity contribution in [3.63, 3.8) is 0 Å². The third-order valence-corrected chi connectivity index (χ3v) is 11.7. The first-order chi connectivity index (χ1) is 35.6. The Bertz CT molecular complexity index is 2700. The standard InChI is InChI=1S/C48H63N11O16/c1-23(2)40(58-48(75)41(24(3)63)59-44(71)34(16-39(67)68)55-46(73)36(22-62)56-42(69)30(49)12-13-38(65)66)47(74)52-19-37(64)54-33(15-26-18-51-32-11-7-5-9-29(26)32)43(70)57-35(21-61)45(72)53-27(20-60)14-25-17-50-31-10-6-4-8-28(25)31/h4-11,17-18,20,23-24,27,30,33-36,40-41,50-51,61-63H,12-16,19,21-22,49H2,1-3H3,(H,52,74)(H,53,72)(H,54,64)(H,55,73)(H,56,69)(H,57,70)(H,58,75)(H,59,71)(H,65,66)(H,67,68)/t24-,27+,30+,33+,34+,35+,36+,40+,41+/m1/s1. The smallest absolute Gasteiger partial charge is 0.305 e. The molecule has 4 aromatic rings. The van der Waals surface area contributed by atoms with Gasteiger partial charge in [0.15, 0.2) is 0 Å². The Morgan fingerprint density at radius 3 is 1.60 bits per heavy atom. The van der Waals surface area contributed by atoms with Crippen LogP contribution >= 0.6 is 0 Å². The summed E-state index contributed by atoms with van der Waals surface area (Å²) in [7, 11) is 0. The molecule has 0 spiro atoms. The van der Waals surface area contributed by atoms with Crippen molar-refractivity contribution < 1.29 is 78.3 Å². The van der Waals surface area contributed by atoms with Crippen LogP contribution in [0.15, 0.2) is 60.9 Å². The number of amides is 8. The van der Waals surface area contributed by atoms with Crippen molar-refractivity contribution in [2.45, 2.75) is 107 Å². The van der Waals surface area contributed by atoms with Crippen LogP contribution in [0.5, 0.6) is 0 Å². The number of aliphatic carboxylic acids is 2. The first kappa shape index (κ1) is 59.3. The summed E-state index contributed by atoms with van der Waals surface area (Å²) in [5.41, 5.74) is 8.45. The number of nitrogens with one attached hydrogen (secondary N) is 10. The molecule has 27 heteroatoms. The SMILES string of the molecule is CC(C)[C@H](NC(=O)[C@@H](NC(=O)[C@H](CC(=O)O)NC(=O)[C@H](CO)NC(=O)[C@@H](N)CCC(=O)O)[C@@H](C)O)C(=O)NCC(=O)N[C@@H](Cc1c[nH]c2ccccc12)C(=O)N[C@@H](CO)C(=O)N[C@H](C=O)Cc1c[nH]c2ccccc12. The molecule has 0 radical (unpaired) electrons. The number of H-pyrrole nitrogens is 2. The normalized spacial score (nSPS) is 14.8. The molecule has 0 fully saturated rings. The first-order valence-electron chi connectivity index (χ1n) is 23.6. The van der Waals surface area contributed by atoms with Crippen molar-refractivity contribution in [1.29, 1.82) is 0 Å². The Balaban J connectivity index is 1.42. The lowest BCUT2D eigenvalue weighted by Crippen LogP contribution is -2.62. The minimum atomic E-state index is -1.98. The number of aldehydes is 1. The summed E-state index contributed by atoms with van der Waals surface area (Å²) in [5.74, 6) is -12.2. The number of carbonyl (C=O) groups excluding carboxylic acids is 9. The highest BCUT2D eigenvalue weighted by atomic mass is 16.4. The van der Waals surface area contributed by atoms with Crippen molar-refractivity contribution in [1.82, 2.24) is 52.5 Å². The molecule has 4 rings (SSSR count). The van der Waals surface area contributed by atoms with Gasteiger partial charge in [0.05, 0.1) is 44.4 Å². The van der Waals surface area contributed by atoms with E-state index in [1.165, 1.54) is 13.8 Å². The van der Waals surface area contributed by atoms with Crippen LogP contribution in [-0.2, 0) is 65.6 Å². The van der Waals surface area contributed by atoms with Crippen molar-refractivity contribution in [3.8, 4) is 0 Å². The number of hydrogen-bond donors (Lipinski definition) is 16. The summed E-state index contributed by atoms with van der Waals surface area (Å²) >= 11 is 0. The van der Waals surface area contributed by atoms with Crippen molar-refractivity contribution in [2.24, 2.45) is 11.7 Å². The molecule has 406 valence electrons.